The first kappa shape index (κ1) is 61.2. The average Bonchev–Trinajstić information content (AvgIpc) is 4.30. The Morgan fingerprint density at radius 2 is 0.658 bits per heavy atom. The van der Waals surface area contributed by atoms with Gasteiger partial charge in [0.05, 0.1) is 30.8 Å². The Morgan fingerprint density at radius 1 is 0.392 bits per heavy atom. The van der Waals surface area contributed by atoms with Gasteiger partial charge in [-0.3, -0.25) is 0 Å². The van der Waals surface area contributed by atoms with Crippen molar-refractivity contribution in [3.8, 4) is 44.8 Å². The van der Waals surface area contributed by atoms with Gasteiger partial charge in [0.2, 0.25) is 0 Å². The topological polar surface area (TPSA) is 54.0 Å². The molecule has 8 bridgehead atoms. The molecule has 0 radical (unpaired) electrons. The van der Waals surface area contributed by atoms with Gasteiger partial charge in [-0.15, -0.1) is 27.6 Å². The van der Waals surface area contributed by atoms with Gasteiger partial charge in [0.15, 0.2) is 0 Å². The van der Waals surface area contributed by atoms with E-state index in [0.717, 1.165) is 83.8 Å². The predicted molar refractivity (Wildman–Crippen MR) is 348 cm³/mol. The van der Waals surface area contributed by atoms with Crippen molar-refractivity contribution in [1.29, 1.82) is 0 Å². The van der Waals surface area contributed by atoms with E-state index in [9.17, 15) is 0 Å². The van der Waals surface area contributed by atoms with Gasteiger partial charge in [-0.1, -0.05) is 249 Å². The number of aromatic nitrogens is 4. The molecule has 6 aromatic rings. The first-order valence-corrected chi connectivity index (χ1v) is 35.5. The molecule has 2 aliphatic rings. The van der Waals surface area contributed by atoms with Crippen LogP contribution in [0.2, 0.25) is 39.3 Å². The Labute approximate surface area is 491 Å². The van der Waals surface area contributed by atoms with Crippen LogP contribution in [0.25, 0.3) is 85.8 Å². The fraction of sp³-hybridized carbons (Fsp3) is 0.417. The number of rotatable bonds is 5. The molecule has 0 aliphatic carbocycles. The summed E-state index contributed by atoms with van der Waals surface area (Å²) in [6.45, 7) is 55.7. The molecule has 0 saturated carbocycles. The van der Waals surface area contributed by atoms with Crippen LogP contribution in [-0.2, 0) is 52.0 Å². The Balaban J connectivity index is 0.00000903. The number of hydrogen-bond donors (Lipinski definition) is 0. The number of allylic oxidation sites excluding steroid dienone is 1. The summed E-state index contributed by atoms with van der Waals surface area (Å²) in [7, 11) is -3.73. The Kier molecular flexibility index (Phi) is 16.4. The first-order chi connectivity index (χ1) is 35.6. The standard InChI is InChI=1S/C72H90N4Si2.Zn/c1-67(2,3)48-35-45(36-49(41-48)68(4,5)6)64-58-27-25-56(73-58)55(44-54(78(22,23)24)33-34-77(19,20)21)57-26-28-59(74-57)65(46-37-50(69(7,8)9)42-51(38-46)70(10,11)12)61-30-32-63(76-61)66(62-31-29-60(64)75-62)47-39-52(71(13,14)15)43-53(40-47)72(16,17)18;/h25-32,35-44H,1-24H3;/q-2;+2/b54-44+,56-55?,57-55?,64-58?,64-60?,65-59?,65-61?,66-62?,66-63?;. The summed E-state index contributed by atoms with van der Waals surface area (Å²) in [5.74, 6) is 3.79. The van der Waals surface area contributed by atoms with E-state index in [1.807, 2.05) is 0 Å². The minimum atomic E-state index is -2.00. The largest absolute Gasteiger partial charge is 2.00 e. The summed E-state index contributed by atoms with van der Waals surface area (Å²) in [5, 5.41) is 1.19. The van der Waals surface area contributed by atoms with Crippen molar-refractivity contribution in [1.82, 2.24) is 19.9 Å². The third-order valence-corrected chi connectivity index (χ3v) is 17.9. The van der Waals surface area contributed by atoms with Crippen molar-refractivity contribution in [3.63, 3.8) is 0 Å². The Bertz CT molecular complexity index is 3520. The molecule has 3 aromatic heterocycles. The van der Waals surface area contributed by atoms with Crippen molar-refractivity contribution in [2.45, 2.75) is 196 Å². The van der Waals surface area contributed by atoms with E-state index in [2.05, 4.69) is 285 Å². The van der Waals surface area contributed by atoms with Gasteiger partial charge < -0.3 is 9.97 Å². The van der Waals surface area contributed by atoms with Crippen LogP contribution in [0.5, 0.6) is 0 Å². The summed E-state index contributed by atoms with van der Waals surface area (Å²) in [4.78, 5) is 23.1. The molecule has 408 valence electrons. The second kappa shape index (κ2) is 21.2. The first-order valence-electron chi connectivity index (χ1n) is 28.5. The molecule has 79 heavy (non-hydrogen) atoms. The smallest absolute Gasteiger partial charge is 0.657 e. The van der Waals surface area contributed by atoms with E-state index in [-0.39, 0.29) is 52.0 Å². The van der Waals surface area contributed by atoms with Gasteiger partial charge in [0, 0.05) is 0 Å². The molecule has 8 rings (SSSR count). The van der Waals surface area contributed by atoms with Crippen LogP contribution in [0.3, 0.4) is 0 Å². The van der Waals surface area contributed by atoms with E-state index >= 15 is 0 Å². The molecule has 0 fully saturated rings. The average molecular weight is 1130 g/mol. The number of hydrogen-bond acceptors (Lipinski definition) is 2. The number of nitrogens with zero attached hydrogens (tertiary/aromatic N) is 4. The molecule has 3 aromatic carbocycles. The Hall–Kier alpha value is -5.38. The van der Waals surface area contributed by atoms with Crippen LogP contribution in [0.1, 0.15) is 186 Å². The molecule has 7 heteroatoms. The van der Waals surface area contributed by atoms with Crippen molar-refractivity contribution in [3.05, 3.63) is 146 Å². The zero-order valence-electron chi connectivity index (χ0n) is 52.9. The monoisotopic (exact) mass is 1130 g/mol. The van der Waals surface area contributed by atoms with Gasteiger partial charge in [0.25, 0.3) is 0 Å². The zero-order chi connectivity index (χ0) is 57.7. The van der Waals surface area contributed by atoms with Gasteiger partial charge in [-0.05, 0) is 140 Å². The van der Waals surface area contributed by atoms with Gasteiger partial charge in [0.1, 0.15) is 8.07 Å². The third-order valence-electron chi connectivity index (χ3n) is 15.2. The van der Waals surface area contributed by atoms with Gasteiger partial charge in [-0.25, -0.2) is 9.97 Å². The van der Waals surface area contributed by atoms with Gasteiger partial charge in [-0.2, -0.15) is 0 Å². The van der Waals surface area contributed by atoms with Crippen molar-refractivity contribution in [2.24, 2.45) is 0 Å². The molecule has 2 aliphatic heterocycles. The Morgan fingerprint density at radius 3 is 0.937 bits per heavy atom. The maximum absolute atomic E-state index is 5.80. The minimum Gasteiger partial charge on any atom is -0.657 e. The quantitative estimate of drug-likeness (QED) is 0.127. The minimum absolute atomic E-state index is 0. The van der Waals surface area contributed by atoms with Crippen LogP contribution in [0.15, 0.2) is 84.1 Å². The SMILES string of the molecule is CC(C)(C)c1cc(-c2c3nc(c(-c4cc(C(C)(C)C)cc(C(C)(C)C)c4)c4ccc([n-]4)c(-c4cc(C(C)(C)C)cc(C(C)(C)C)c4)c4nc(c(/C=C(\C#C[Si](C)(C)C)[Si](C)(C)C)c5ccc2[n-]5)C=C4)C=C3)cc(C(C)(C)C)c1.[Zn+2]. The molecule has 0 atom stereocenters. The van der Waals surface area contributed by atoms with Crippen molar-refractivity contribution in [2.75, 3.05) is 0 Å². The van der Waals surface area contributed by atoms with Crippen molar-refractivity contribution < 1.29 is 19.5 Å². The molecule has 4 nitrogen and oxygen atoms in total. The summed E-state index contributed by atoms with van der Waals surface area (Å²) >= 11 is 0. The predicted octanol–water partition coefficient (Wildman–Crippen LogP) is 19.8. The molecule has 0 unspecified atom stereocenters. The van der Waals surface area contributed by atoms with Crippen molar-refractivity contribution >= 4 is 68.6 Å². The molecule has 0 spiro atoms. The fourth-order valence-electron chi connectivity index (χ4n) is 9.90. The third kappa shape index (κ3) is 13.7. The molecule has 5 heterocycles. The van der Waals surface area contributed by atoms with Crippen LogP contribution in [-0.4, -0.2) is 26.1 Å². The van der Waals surface area contributed by atoms with Crippen LogP contribution in [0.4, 0.5) is 0 Å². The normalized spacial score (nSPS) is 13.8. The summed E-state index contributed by atoms with van der Waals surface area (Å²) in [5.41, 5.74) is 25.0. The van der Waals surface area contributed by atoms with Crippen LogP contribution in [0, 0.1) is 11.5 Å². The molecule has 0 N–H and O–H groups in total. The van der Waals surface area contributed by atoms with Crippen LogP contribution < -0.4 is 9.97 Å². The molecule has 0 saturated heterocycles. The van der Waals surface area contributed by atoms with E-state index in [1.165, 1.54) is 38.6 Å². The number of benzene rings is 3. The molecule has 0 amide bonds. The van der Waals surface area contributed by atoms with E-state index < -0.39 is 16.1 Å². The van der Waals surface area contributed by atoms with Crippen LogP contribution >= 0.6 is 0 Å². The molecular formula is C72H90N4Si2Zn. The maximum atomic E-state index is 5.80. The second-order valence-electron chi connectivity index (χ2n) is 30.6. The van der Waals surface area contributed by atoms with Gasteiger partial charge >= 0.3 is 19.5 Å². The summed E-state index contributed by atoms with van der Waals surface area (Å²) in [6, 6.07) is 30.3. The van der Waals surface area contributed by atoms with E-state index in [4.69, 9.17) is 19.9 Å². The van der Waals surface area contributed by atoms with E-state index in [1.54, 1.807) is 0 Å². The fourth-order valence-corrected chi connectivity index (χ4v) is 11.5. The summed E-state index contributed by atoms with van der Waals surface area (Å²) < 4.78 is 0. The maximum Gasteiger partial charge on any atom is 2.00 e. The molecular weight excluding hydrogens is 1040 g/mol. The summed E-state index contributed by atoms with van der Waals surface area (Å²) in [6.07, 6.45) is 11.2. The number of fused-ring (bicyclic) bond motifs is 8. The van der Waals surface area contributed by atoms with E-state index in [0.29, 0.717) is 0 Å². The zero-order valence-corrected chi connectivity index (χ0v) is 57.9. The second-order valence-corrected chi connectivity index (χ2v) is 40.4.